The van der Waals surface area contributed by atoms with Gasteiger partial charge in [-0.2, -0.15) is 5.10 Å². The zero-order chi connectivity index (χ0) is 15.0. The summed E-state index contributed by atoms with van der Waals surface area (Å²) in [6, 6.07) is 6.26. The first kappa shape index (κ1) is 14.4. The fourth-order valence-corrected chi connectivity index (χ4v) is 3.17. The van der Waals surface area contributed by atoms with Gasteiger partial charge < -0.3 is 9.84 Å². The van der Waals surface area contributed by atoms with Crippen LogP contribution in [0.3, 0.4) is 0 Å². The maximum atomic E-state index is 10.4. The number of hydrogen-bond acceptors (Lipinski definition) is 3. The summed E-state index contributed by atoms with van der Waals surface area (Å²) in [5.74, 6) is 0.991. The number of halogens is 1. The molecule has 5 heteroatoms. The molecule has 1 atom stereocenters. The SMILES string of the molecule is Cc1nn(C)c(Cl)c1C(O)CCc1ccc2c(c1)CCO2. The van der Waals surface area contributed by atoms with Gasteiger partial charge in [0.1, 0.15) is 10.9 Å². The van der Waals surface area contributed by atoms with Crippen molar-refractivity contribution in [3.05, 3.63) is 45.7 Å². The van der Waals surface area contributed by atoms with Gasteiger partial charge in [0.2, 0.25) is 0 Å². The van der Waals surface area contributed by atoms with Crippen molar-refractivity contribution in [2.75, 3.05) is 6.61 Å². The van der Waals surface area contributed by atoms with E-state index in [2.05, 4.69) is 17.2 Å². The number of aliphatic hydroxyl groups is 1. The third kappa shape index (κ3) is 2.78. The van der Waals surface area contributed by atoms with Crippen LogP contribution < -0.4 is 4.74 Å². The minimum Gasteiger partial charge on any atom is -0.493 e. The lowest BCUT2D eigenvalue weighted by atomic mass is 10.00. The Hall–Kier alpha value is -1.52. The summed E-state index contributed by atoms with van der Waals surface area (Å²) in [4.78, 5) is 0. The van der Waals surface area contributed by atoms with Gasteiger partial charge >= 0.3 is 0 Å². The number of fused-ring (bicyclic) bond motifs is 1. The van der Waals surface area contributed by atoms with Gasteiger partial charge in [-0.05, 0) is 37.0 Å². The molecule has 21 heavy (non-hydrogen) atoms. The smallest absolute Gasteiger partial charge is 0.132 e. The van der Waals surface area contributed by atoms with Crippen LogP contribution in [0.1, 0.15) is 34.9 Å². The maximum Gasteiger partial charge on any atom is 0.132 e. The van der Waals surface area contributed by atoms with E-state index in [4.69, 9.17) is 16.3 Å². The Kier molecular flexibility index (Phi) is 3.91. The standard InChI is InChI=1S/C16H19ClN2O2/c1-10-15(16(17)19(2)18-10)13(20)5-3-11-4-6-14-12(9-11)7-8-21-14/h4,6,9,13,20H,3,5,7-8H2,1-2H3. The van der Waals surface area contributed by atoms with Crippen molar-refractivity contribution in [1.82, 2.24) is 9.78 Å². The molecule has 4 nitrogen and oxygen atoms in total. The summed E-state index contributed by atoms with van der Waals surface area (Å²) in [5.41, 5.74) is 4.01. The molecule has 1 aliphatic rings. The van der Waals surface area contributed by atoms with Crippen LogP contribution in [0.2, 0.25) is 5.15 Å². The lowest BCUT2D eigenvalue weighted by Gasteiger charge is -2.11. The average Bonchev–Trinajstić information content (AvgIpc) is 3.01. The predicted molar refractivity (Wildman–Crippen MR) is 81.9 cm³/mol. The molecule has 0 spiro atoms. The molecule has 0 bridgehead atoms. The molecule has 2 heterocycles. The fourth-order valence-electron chi connectivity index (χ4n) is 2.87. The molecule has 0 saturated carbocycles. The van der Waals surface area contributed by atoms with E-state index >= 15 is 0 Å². The molecule has 2 aromatic rings. The summed E-state index contributed by atoms with van der Waals surface area (Å²) in [5, 5.41) is 15.1. The fraction of sp³-hybridized carbons (Fsp3) is 0.438. The Labute approximate surface area is 129 Å². The van der Waals surface area contributed by atoms with E-state index in [-0.39, 0.29) is 0 Å². The maximum absolute atomic E-state index is 10.4. The summed E-state index contributed by atoms with van der Waals surface area (Å²) < 4.78 is 7.10. The molecule has 1 unspecified atom stereocenters. The second-order valence-electron chi connectivity index (χ2n) is 5.51. The Balaban J connectivity index is 1.70. The molecule has 112 valence electrons. The number of benzene rings is 1. The number of aryl methyl sites for hydroxylation is 3. The third-order valence-corrected chi connectivity index (χ3v) is 4.44. The topological polar surface area (TPSA) is 47.3 Å². The Bertz CT molecular complexity index is 667. The van der Waals surface area contributed by atoms with E-state index in [0.29, 0.717) is 11.6 Å². The second kappa shape index (κ2) is 5.70. The largest absolute Gasteiger partial charge is 0.493 e. The number of nitrogens with zero attached hydrogens (tertiary/aromatic N) is 2. The highest BCUT2D eigenvalue weighted by Gasteiger charge is 2.19. The van der Waals surface area contributed by atoms with E-state index in [1.54, 1.807) is 11.7 Å². The Morgan fingerprint density at radius 2 is 2.29 bits per heavy atom. The van der Waals surface area contributed by atoms with Gasteiger partial charge in [-0.3, -0.25) is 4.68 Å². The van der Waals surface area contributed by atoms with Crippen LogP contribution in [-0.4, -0.2) is 21.5 Å². The zero-order valence-corrected chi connectivity index (χ0v) is 13.0. The van der Waals surface area contributed by atoms with Crippen molar-refractivity contribution in [3.8, 4) is 5.75 Å². The zero-order valence-electron chi connectivity index (χ0n) is 12.3. The molecular weight excluding hydrogens is 288 g/mol. The van der Waals surface area contributed by atoms with E-state index in [0.717, 1.165) is 36.5 Å². The number of rotatable bonds is 4. The molecule has 3 rings (SSSR count). The van der Waals surface area contributed by atoms with Gasteiger partial charge in [-0.25, -0.2) is 0 Å². The van der Waals surface area contributed by atoms with Gasteiger partial charge in [-0.1, -0.05) is 23.7 Å². The number of hydrogen-bond donors (Lipinski definition) is 1. The lowest BCUT2D eigenvalue weighted by Crippen LogP contribution is -2.01. The van der Waals surface area contributed by atoms with Crippen molar-refractivity contribution in [2.45, 2.75) is 32.3 Å². The van der Waals surface area contributed by atoms with Gasteiger partial charge in [0, 0.05) is 19.0 Å². The quantitative estimate of drug-likeness (QED) is 0.944. The van der Waals surface area contributed by atoms with Gasteiger partial charge in [0.05, 0.1) is 18.4 Å². The summed E-state index contributed by atoms with van der Waals surface area (Å²) in [6.07, 6.45) is 1.82. The molecule has 1 aromatic heterocycles. The first-order chi connectivity index (χ1) is 10.1. The van der Waals surface area contributed by atoms with Crippen molar-refractivity contribution in [3.63, 3.8) is 0 Å². The normalized spacial score (nSPS) is 14.9. The Morgan fingerprint density at radius 3 is 3.00 bits per heavy atom. The molecule has 0 amide bonds. The van der Waals surface area contributed by atoms with Crippen LogP contribution in [0, 0.1) is 6.92 Å². The number of aromatic nitrogens is 2. The molecule has 0 aliphatic carbocycles. The van der Waals surface area contributed by atoms with Crippen LogP contribution >= 0.6 is 11.6 Å². The summed E-state index contributed by atoms with van der Waals surface area (Å²) >= 11 is 6.19. The van der Waals surface area contributed by atoms with E-state index in [1.165, 1.54) is 11.1 Å². The molecular formula is C16H19ClN2O2. The number of ether oxygens (including phenoxy) is 1. The van der Waals surface area contributed by atoms with Crippen molar-refractivity contribution >= 4 is 11.6 Å². The molecule has 0 radical (unpaired) electrons. The van der Waals surface area contributed by atoms with E-state index in [1.807, 2.05) is 13.0 Å². The third-order valence-electron chi connectivity index (χ3n) is 3.99. The lowest BCUT2D eigenvalue weighted by molar-refractivity contribution is 0.167. The van der Waals surface area contributed by atoms with Gasteiger partial charge in [0.25, 0.3) is 0 Å². The molecule has 1 aliphatic heterocycles. The highest BCUT2D eigenvalue weighted by Crippen LogP contribution is 2.30. The highest BCUT2D eigenvalue weighted by molar-refractivity contribution is 6.30. The minimum absolute atomic E-state index is 0.516. The van der Waals surface area contributed by atoms with Crippen LogP contribution in [0.5, 0.6) is 5.75 Å². The monoisotopic (exact) mass is 306 g/mol. The van der Waals surface area contributed by atoms with E-state index < -0.39 is 6.10 Å². The Morgan fingerprint density at radius 1 is 1.48 bits per heavy atom. The van der Waals surface area contributed by atoms with Crippen molar-refractivity contribution in [2.24, 2.45) is 7.05 Å². The van der Waals surface area contributed by atoms with Crippen LogP contribution in [0.15, 0.2) is 18.2 Å². The summed E-state index contributed by atoms with van der Waals surface area (Å²) in [6.45, 7) is 2.64. The van der Waals surface area contributed by atoms with Crippen LogP contribution in [0.25, 0.3) is 0 Å². The van der Waals surface area contributed by atoms with Crippen LogP contribution in [-0.2, 0) is 19.9 Å². The van der Waals surface area contributed by atoms with Gasteiger partial charge in [-0.15, -0.1) is 0 Å². The molecule has 0 fully saturated rings. The first-order valence-electron chi connectivity index (χ1n) is 7.18. The predicted octanol–water partition coefficient (Wildman–Crippen LogP) is 2.98. The highest BCUT2D eigenvalue weighted by atomic mass is 35.5. The summed E-state index contributed by atoms with van der Waals surface area (Å²) in [7, 11) is 1.78. The van der Waals surface area contributed by atoms with Crippen molar-refractivity contribution < 1.29 is 9.84 Å². The minimum atomic E-state index is -0.587. The van der Waals surface area contributed by atoms with E-state index in [9.17, 15) is 5.11 Å². The molecule has 0 saturated heterocycles. The van der Waals surface area contributed by atoms with Crippen molar-refractivity contribution in [1.29, 1.82) is 0 Å². The van der Waals surface area contributed by atoms with Crippen LogP contribution in [0.4, 0.5) is 0 Å². The second-order valence-corrected chi connectivity index (χ2v) is 5.87. The average molecular weight is 307 g/mol. The van der Waals surface area contributed by atoms with Gasteiger partial charge in [0.15, 0.2) is 0 Å². The first-order valence-corrected chi connectivity index (χ1v) is 7.55. The molecule has 1 aromatic carbocycles. The number of aliphatic hydroxyl groups excluding tert-OH is 1. The molecule has 1 N–H and O–H groups in total.